The summed E-state index contributed by atoms with van der Waals surface area (Å²) in [5, 5.41) is 3.08. The first-order chi connectivity index (χ1) is 10.3. The summed E-state index contributed by atoms with van der Waals surface area (Å²) >= 11 is 0. The number of nitrogens with one attached hydrogen (secondary N) is 1. The molecule has 1 aromatic rings. The lowest BCUT2D eigenvalue weighted by atomic mass is 9.85. The lowest BCUT2D eigenvalue weighted by Crippen LogP contribution is -2.35. The van der Waals surface area contributed by atoms with Crippen molar-refractivity contribution in [2.75, 3.05) is 19.8 Å². The molecular formula is C17H21NO3. The molecule has 1 N–H and O–H groups in total. The molecule has 1 saturated carbocycles. The molecule has 0 bridgehead atoms. The normalized spacial score (nSPS) is 19.2. The number of fused-ring (bicyclic) bond motifs is 2. The summed E-state index contributed by atoms with van der Waals surface area (Å²) in [6.07, 6.45) is 6.07. The number of carbonyl (C=O) groups is 1. The zero-order valence-electron chi connectivity index (χ0n) is 12.2. The molecule has 0 spiro atoms. The molecule has 1 fully saturated rings. The standard InChI is InChI=1S/C17H21NO3/c19-17(11-2-1-3-11)18-7-4-14-13-6-9-20-15(13)10-12-5-8-21-16(12)14/h10-11H,1-9H2,(H,18,19). The maximum atomic E-state index is 11.9. The van der Waals surface area contributed by atoms with E-state index < -0.39 is 0 Å². The van der Waals surface area contributed by atoms with Gasteiger partial charge in [-0.2, -0.15) is 0 Å². The maximum absolute atomic E-state index is 11.9. The number of benzene rings is 1. The average Bonchev–Trinajstić information content (AvgIpc) is 3.03. The molecule has 112 valence electrons. The van der Waals surface area contributed by atoms with E-state index >= 15 is 0 Å². The molecule has 0 radical (unpaired) electrons. The number of hydrogen-bond donors (Lipinski definition) is 1. The van der Waals surface area contributed by atoms with Crippen LogP contribution in [0.15, 0.2) is 6.07 Å². The van der Waals surface area contributed by atoms with Gasteiger partial charge < -0.3 is 14.8 Å². The zero-order chi connectivity index (χ0) is 14.2. The van der Waals surface area contributed by atoms with Crippen molar-refractivity contribution in [3.63, 3.8) is 0 Å². The summed E-state index contributed by atoms with van der Waals surface area (Å²) in [6.45, 7) is 2.22. The van der Waals surface area contributed by atoms with Gasteiger partial charge in [-0.15, -0.1) is 0 Å². The van der Waals surface area contributed by atoms with Crippen molar-refractivity contribution in [1.82, 2.24) is 5.32 Å². The van der Waals surface area contributed by atoms with E-state index in [0.717, 1.165) is 56.8 Å². The Kier molecular flexibility index (Phi) is 3.24. The Hall–Kier alpha value is -1.71. The first-order valence-corrected chi connectivity index (χ1v) is 8.04. The minimum absolute atomic E-state index is 0.225. The van der Waals surface area contributed by atoms with E-state index in [1.54, 1.807) is 0 Å². The molecule has 1 amide bonds. The van der Waals surface area contributed by atoms with Crippen molar-refractivity contribution in [3.8, 4) is 11.5 Å². The van der Waals surface area contributed by atoms with E-state index in [0.29, 0.717) is 6.54 Å². The van der Waals surface area contributed by atoms with E-state index in [1.165, 1.54) is 23.1 Å². The van der Waals surface area contributed by atoms with Crippen LogP contribution in [-0.4, -0.2) is 25.7 Å². The Morgan fingerprint density at radius 2 is 2.10 bits per heavy atom. The number of amides is 1. The van der Waals surface area contributed by atoms with Crippen LogP contribution >= 0.6 is 0 Å². The number of carbonyl (C=O) groups excluding carboxylic acids is 1. The third-order valence-electron chi connectivity index (χ3n) is 4.91. The van der Waals surface area contributed by atoms with E-state index in [2.05, 4.69) is 11.4 Å². The first kappa shape index (κ1) is 13.0. The highest BCUT2D eigenvalue weighted by Gasteiger charge is 2.27. The van der Waals surface area contributed by atoms with Crippen molar-refractivity contribution in [2.45, 2.75) is 38.5 Å². The van der Waals surface area contributed by atoms with Gasteiger partial charge in [-0.25, -0.2) is 0 Å². The van der Waals surface area contributed by atoms with Crippen molar-refractivity contribution >= 4 is 5.91 Å². The van der Waals surface area contributed by atoms with Gasteiger partial charge in [-0.1, -0.05) is 6.42 Å². The Labute approximate surface area is 124 Å². The fourth-order valence-electron chi connectivity index (χ4n) is 3.47. The molecule has 0 atom stereocenters. The summed E-state index contributed by atoms with van der Waals surface area (Å²) in [6, 6.07) is 2.14. The number of rotatable bonds is 4. The Morgan fingerprint density at radius 3 is 2.90 bits per heavy atom. The second-order valence-corrected chi connectivity index (χ2v) is 6.19. The average molecular weight is 287 g/mol. The predicted octanol–water partition coefficient (Wildman–Crippen LogP) is 2.02. The van der Waals surface area contributed by atoms with Gasteiger partial charge in [0.05, 0.1) is 13.2 Å². The van der Waals surface area contributed by atoms with E-state index in [1.807, 2.05) is 0 Å². The SMILES string of the molecule is O=C(NCCc1c2c(cc3c1OCC3)OCC2)C1CCC1. The molecule has 4 rings (SSSR count). The Bertz CT molecular complexity index is 546. The third-order valence-corrected chi connectivity index (χ3v) is 4.91. The van der Waals surface area contributed by atoms with Crippen LogP contribution in [-0.2, 0) is 24.1 Å². The van der Waals surface area contributed by atoms with Gasteiger partial charge in [0.2, 0.25) is 5.91 Å². The fraction of sp³-hybridized carbons (Fsp3) is 0.588. The second kappa shape index (κ2) is 5.24. The molecule has 4 heteroatoms. The number of hydrogen-bond acceptors (Lipinski definition) is 3. The van der Waals surface area contributed by atoms with Crippen LogP contribution in [0.25, 0.3) is 0 Å². The van der Waals surface area contributed by atoms with E-state index in [4.69, 9.17) is 9.47 Å². The van der Waals surface area contributed by atoms with Crippen molar-refractivity contribution < 1.29 is 14.3 Å². The Morgan fingerprint density at radius 1 is 1.24 bits per heavy atom. The van der Waals surface area contributed by atoms with Crippen molar-refractivity contribution in [3.05, 3.63) is 22.8 Å². The monoisotopic (exact) mass is 287 g/mol. The van der Waals surface area contributed by atoms with Gasteiger partial charge in [0.1, 0.15) is 11.5 Å². The smallest absolute Gasteiger partial charge is 0.223 e. The summed E-state index contributed by atoms with van der Waals surface area (Å²) in [5.74, 6) is 2.57. The van der Waals surface area contributed by atoms with Crippen LogP contribution in [0.3, 0.4) is 0 Å². The molecule has 1 aliphatic carbocycles. The van der Waals surface area contributed by atoms with Crippen LogP contribution < -0.4 is 14.8 Å². The maximum Gasteiger partial charge on any atom is 0.223 e. The van der Waals surface area contributed by atoms with Crippen LogP contribution in [0, 0.1) is 5.92 Å². The molecule has 21 heavy (non-hydrogen) atoms. The van der Waals surface area contributed by atoms with Gasteiger partial charge in [0.25, 0.3) is 0 Å². The van der Waals surface area contributed by atoms with Crippen LogP contribution in [0.5, 0.6) is 11.5 Å². The highest BCUT2D eigenvalue weighted by Crippen LogP contribution is 2.40. The van der Waals surface area contributed by atoms with Crippen molar-refractivity contribution in [1.29, 1.82) is 0 Å². The lowest BCUT2D eigenvalue weighted by Gasteiger charge is -2.24. The molecular weight excluding hydrogens is 266 g/mol. The van der Waals surface area contributed by atoms with Gasteiger partial charge >= 0.3 is 0 Å². The largest absolute Gasteiger partial charge is 0.493 e. The van der Waals surface area contributed by atoms with Crippen LogP contribution in [0.1, 0.15) is 36.0 Å². The highest BCUT2D eigenvalue weighted by atomic mass is 16.5. The minimum atomic E-state index is 0.225. The van der Waals surface area contributed by atoms with Gasteiger partial charge in [0, 0.05) is 42.0 Å². The number of ether oxygens (including phenoxy) is 2. The van der Waals surface area contributed by atoms with Crippen molar-refractivity contribution in [2.24, 2.45) is 5.92 Å². The molecule has 3 aliphatic rings. The summed E-state index contributed by atoms with van der Waals surface area (Å²) < 4.78 is 11.5. The molecule has 2 aliphatic heterocycles. The quantitative estimate of drug-likeness (QED) is 0.921. The summed E-state index contributed by atoms with van der Waals surface area (Å²) in [4.78, 5) is 11.9. The molecule has 1 aromatic carbocycles. The van der Waals surface area contributed by atoms with Gasteiger partial charge in [-0.05, 0) is 25.3 Å². The lowest BCUT2D eigenvalue weighted by molar-refractivity contribution is -0.127. The first-order valence-electron chi connectivity index (χ1n) is 8.04. The predicted molar refractivity (Wildman–Crippen MR) is 78.9 cm³/mol. The summed E-state index contributed by atoms with van der Waals surface area (Å²) in [7, 11) is 0. The summed E-state index contributed by atoms with van der Waals surface area (Å²) in [5.41, 5.74) is 3.80. The minimum Gasteiger partial charge on any atom is -0.493 e. The van der Waals surface area contributed by atoms with Gasteiger partial charge in [-0.3, -0.25) is 4.79 Å². The second-order valence-electron chi connectivity index (χ2n) is 6.19. The highest BCUT2D eigenvalue weighted by molar-refractivity contribution is 5.79. The molecule has 0 unspecified atom stereocenters. The van der Waals surface area contributed by atoms with Gasteiger partial charge in [0.15, 0.2) is 0 Å². The van der Waals surface area contributed by atoms with E-state index in [9.17, 15) is 4.79 Å². The molecule has 0 saturated heterocycles. The van der Waals surface area contributed by atoms with E-state index in [-0.39, 0.29) is 11.8 Å². The Balaban J connectivity index is 1.48. The molecule has 2 heterocycles. The molecule has 4 nitrogen and oxygen atoms in total. The third kappa shape index (κ3) is 2.27. The topological polar surface area (TPSA) is 47.6 Å². The van der Waals surface area contributed by atoms with Crippen LogP contribution in [0.2, 0.25) is 0 Å². The zero-order valence-corrected chi connectivity index (χ0v) is 12.2. The fourth-order valence-corrected chi connectivity index (χ4v) is 3.47. The van der Waals surface area contributed by atoms with Crippen LogP contribution in [0.4, 0.5) is 0 Å². The molecule has 0 aromatic heterocycles.